The van der Waals surface area contributed by atoms with Crippen molar-refractivity contribution in [1.82, 2.24) is 5.32 Å². The highest BCUT2D eigenvalue weighted by molar-refractivity contribution is 9.18. The fraction of sp³-hybridized carbons (Fsp3) is 0.889. The number of rotatable bonds is 1. The third-order valence-electron chi connectivity index (χ3n) is 3.05. The summed E-state index contributed by atoms with van der Waals surface area (Å²) in [6.45, 7) is 4.39. The zero-order valence-electron chi connectivity index (χ0n) is 7.85. The van der Waals surface area contributed by atoms with Gasteiger partial charge in [-0.05, 0) is 48.8 Å². The molecule has 2 heterocycles. The van der Waals surface area contributed by atoms with Crippen molar-refractivity contribution in [2.75, 3.05) is 13.1 Å². The number of hydrogen-bond acceptors (Lipinski definition) is 3. The average Bonchev–Trinajstić information content (AvgIpc) is 2.49. The SMILES string of the molecule is CC1(C2CCNCC2)CC(Br)=NO1. The Morgan fingerprint density at radius 2 is 2.23 bits per heavy atom. The van der Waals surface area contributed by atoms with Crippen LogP contribution in [0.2, 0.25) is 0 Å². The average molecular weight is 247 g/mol. The minimum atomic E-state index is -0.0546. The molecule has 0 aliphatic carbocycles. The summed E-state index contributed by atoms with van der Waals surface area (Å²) in [6.07, 6.45) is 3.33. The van der Waals surface area contributed by atoms with Crippen LogP contribution < -0.4 is 5.32 Å². The molecule has 1 unspecified atom stereocenters. The van der Waals surface area contributed by atoms with E-state index in [4.69, 9.17) is 4.84 Å². The topological polar surface area (TPSA) is 33.6 Å². The van der Waals surface area contributed by atoms with E-state index < -0.39 is 0 Å². The normalized spacial score (nSPS) is 35.7. The molecule has 2 rings (SSSR count). The van der Waals surface area contributed by atoms with Crippen molar-refractivity contribution < 1.29 is 4.84 Å². The molecular formula is C9H15BrN2O. The molecule has 0 bridgehead atoms. The van der Waals surface area contributed by atoms with Crippen molar-refractivity contribution in [3.8, 4) is 0 Å². The van der Waals surface area contributed by atoms with Crippen molar-refractivity contribution in [2.45, 2.75) is 31.8 Å². The Morgan fingerprint density at radius 1 is 1.54 bits per heavy atom. The first kappa shape index (κ1) is 9.46. The molecule has 4 heteroatoms. The quantitative estimate of drug-likeness (QED) is 0.767. The van der Waals surface area contributed by atoms with E-state index in [1.807, 2.05) is 0 Å². The summed E-state index contributed by atoms with van der Waals surface area (Å²) in [5.41, 5.74) is -0.0546. The second kappa shape index (κ2) is 3.58. The highest BCUT2D eigenvalue weighted by Gasteiger charge is 2.41. The Hall–Kier alpha value is -0.0900. The molecule has 0 aromatic carbocycles. The fourth-order valence-electron chi connectivity index (χ4n) is 2.16. The van der Waals surface area contributed by atoms with Gasteiger partial charge in [-0.3, -0.25) is 0 Å². The first-order valence-corrected chi connectivity index (χ1v) is 5.61. The van der Waals surface area contributed by atoms with Gasteiger partial charge in [0.15, 0.2) is 0 Å². The molecule has 1 saturated heterocycles. The van der Waals surface area contributed by atoms with Crippen LogP contribution in [0.25, 0.3) is 0 Å². The number of nitrogens with zero attached hydrogens (tertiary/aromatic N) is 1. The van der Waals surface area contributed by atoms with Crippen molar-refractivity contribution in [3.05, 3.63) is 0 Å². The largest absolute Gasteiger partial charge is 0.388 e. The van der Waals surface area contributed by atoms with Crippen LogP contribution in [0.5, 0.6) is 0 Å². The summed E-state index contributed by atoms with van der Waals surface area (Å²) in [7, 11) is 0. The second-order valence-corrected chi connectivity index (χ2v) is 4.99. The number of halogens is 1. The van der Waals surface area contributed by atoms with Gasteiger partial charge in [-0.15, -0.1) is 0 Å². The zero-order valence-corrected chi connectivity index (χ0v) is 9.43. The highest BCUT2D eigenvalue weighted by atomic mass is 79.9. The summed E-state index contributed by atoms with van der Waals surface area (Å²) in [6, 6.07) is 0. The van der Waals surface area contributed by atoms with Gasteiger partial charge in [-0.2, -0.15) is 0 Å². The third kappa shape index (κ3) is 1.89. The molecule has 13 heavy (non-hydrogen) atoms. The van der Waals surface area contributed by atoms with E-state index in [0.717, 1.165) is 24.1 Å². The molecule has 0 radical (unpaired) electrons. The van der Waals surface area contributed by atoms with Crippen LogP contribution in [0.3, 0.4) is 0 Å². The molecule has 2 aliphatic rings. The van der Waals surface area contributed by atoms with E-state index >= 15 is 0 Å². The van der Waals surface area contributed by atoms with Gasteiger partial charge in [0.2, 0.25) is 0 Å². The Kier molecular flexibility index (Phi) is 2.60. The predicted molar refractivity (Wildman–Crippen MR) is 56.1 cm³/mol. The fourth-order valence-corrected chi connectivity index (χ4v) is 2.79. The lowest BCUT2D eigenvalue weighted by molar-refractivity contribution is -0.0579. The lowest BCUT2D eigenvalue weighted by Gasteiger charge is -2.34. The molecule has 0 spiro atoms. The van der Waals surface area contributed by atoms with Gasteiger partial charge in [-0.1, -0.05) is 5.16 Å². The third-order valence-corrected chi connectivity index (χ3v) is 3.48. The van der Waals surface area contributed by atoms with Gasteiger partial charge in [0, 0.05) is 12.3 Å². The molecule has 1 fully saturated rings. The lowest BCUT2D eigenvalue weighted by Crippen LogP contribution is -2.41. The summed E-state index contributed by atoms with van der Waals surface area (Å²) in [5.74, 6) is 0.646. The monoisotopic (exact) mass is 246 g/mol. The van der Waals surface area contributed by atoms with E-state index in [9.17, 15) is 0 Å². The van der Waals surface area contributed by atoms with Crippen LogP contribution in [0.1, 0.15) is 26.2 Å². The van der Waals surface area contributed by atoms with Crippen LogP contribution in [-0.4, -0.2) is 23.3 Å². The summed E-state index contributed by atoms with van der Waals surface area (Å²) in [4.78, 5) is 5.51. The molecule has 0 amide bonds. The molecular weight excluding hydrogens is 232 g/mol. The second-order valence-electron chi connectivity index (χ2n) is 4.07. The number of nitrogens with one attached hydrogen (secondary N) is 1. The maximum absolute atomic E-state index is 5.51. The van der Waals surface area contributed by atoms with Crippen LogP contribution in [-0.2, 0) is 4.84 Å². The highest BCUT2D eigenvalue weighted by Crippen LogP contribution is 2.37. The summed E-state index contributed by atoms with van der Waals surface area (Å²) < 4.78 is 0.952. The van der Waals surface area contributed by atoms with Crippen LogP contribution in [0.15, 0.2) is 5.16 Å². The molecule has 2 aliphatic heterocycles. The van der Waals surface area contributed by atoms with Gasteiger partial charge in [0.05, 0.1) is 0 Å². The number of piperidine rings is 1. The maximum atomic E-state index is 5.51. The van der Waals surface area contributed by atoms with E-state index in [1.54, 1.807) is 0 Å². The Bertz CT molecular complexity index is 226. The zero-order chi connectivity index (χ0) is 9.31. The van der Waals surface area contributed by atoms with Gasteiger partial charge in [-0.25, -0.2) is 0 Å². The van der Waals surface area contributed by atoms with Crippen molar-refractivity contribution in [1.29, 1.82) is 0 Å². The van der Waals surface area contributed by atoms with Crippen molar-refractivity contribution >= 4 is 20.6 Å². The number of hydrogen-bond donors (Lipinski definition) is 1. The predicted octanol–water partition coefficient (Wildman–Crippen LogP) is 1.87. The number of oxime groups is 1. The van der Waals surface area contributed by atoms with Crippen LogP contribution >= 0.6 is 15.9 Å². The lowest BCUT2D eigenvalue weighted by atomic mass is 9.81. The minimum Gasteiger partial charge on any atom is -0.388 e. The molecule has 74 valence electrons. The standard InChI is InChI=1S/C9H15BrN2O/c1-9(6-8(10)12-13-9)7-2-4-11-5-3-7/h7,11H,2-6H2,1H3. The maximum Gasteiger partial charge on any atom is 0.144 e. The van der Waals surface area contributed by atoms with Crippen LogP contribution in [0.4, 0.5) is 0 Å². The summed E-state index contributed by atoms with van der Waals surface area (Å²) >= 11 is 3.39. The Labute approximate surface area is 87.0 Å². The molecule has 0 aromatic heterocycles. The molecule has 1 atom stereocenters. The smallest absolute Gasteiger partial charge is 0.144 e. The first-order valence-electron chi connectivity index (χ1n) is 4.82. The van der Waals surface area contributed by atoms with Gasteiger partial charge >= 0.3 is 0 Å². The molecule has 3 nitrogen and oxygen atoms in total. The van der Waals surface area contributed by atoms with Gasteiger partial charge in [0.1, 0.15) is 10.2 Å². The van der Waals surface area contributed by atoms with Gasteiger partial charge in [0.25, 0.3) is 0 Å². The van der Waals surface area contributed by atoms with E-state index in [0.29, 0.717) is 5.92 Å². The van der Waals surface area contributed by atoms with Crippen molar-refractivity contribution in [3.63, 3.8) is 0 Å². The summed E-state index contributed by atoms with van der Waals surface area (Å²) in [5, 5.41) is 7.34. The van der Waals surface area contributed by atoms with E-state index in [-0.39, 0.29) is 5.60 Å². The minimum absolute atomic E-state index is 0.0546. The molecule has 0 saturated carbocycles. The Morgan fingerprint density at radius 3 is 2.77 bits per heavy atom. The molecule has 0 aromatic rings. The van der Waals surface area contributed by atoms with Crippen molar-refractivity contribution in [2.24, 2.45) is 11.1 Å². The van der Waals surface area contributed by atoms with Crippen LogP contribution in [0, 0.1) is 5.92 Å². The molecule has 1 N–H and O–H groups in total. The first-order chi connectivity index (χ1) is 6.21. The van der Waals surface area contributed by atoms with E-state index in [2.05, 4.69) is 33.3 Å². The van der Waals surface area contributed by atoms with E-state index in [1.165, 1.54) is 12.8 Å². The Balaban J connectivity index is 1.99. The van der Waals surface area contributed by atoms with Gasteiger partial charge < -0.3 is 10.2 Å².